The van der Waals surface area contributed by atoms with Crippen molar-refractivity contribution in [3.63, 3.8) is 0 Å². The zero-order valence-corrected chi connectivity index (χ0v) is 10.7. The van der Waals surface area contributed by atoms with E-state index in [-0.39, 0.29) is 16.9 Å². The first-order chi connectivity index (χ1) is 8.34. The van der Waals surface area contributed by atoms with Crippen molar-refractivity contribution < 1.29 is 14.7 Å². The number of Topliss-reactive ketones (excluding diaryl/α,β-unsaturated/α-hetero) is 1. The summed E-state index contributed by atoms with van der Waals surface area (Å²) in [4.78, 5) is 23.6. The van der Waals surface area contributed by atoms with Crippen molar-refractivity contribution in [3.8, 4) is 0 Å². The van der Waals surface area contributed by atoms with Gasteiger partial charge < -0.3 is 10.4 Å². The van der Waals surface area contributed by atoms with E-state index in [1.165, 1.54) is 13.8 Å². The van der Waals surface area contributed by atoms with Gasteiger partial charge >= 0.3 is 0 Å². The highest BCUT2D eigenvalue weighted by Crippen LogP contribution is 2.35. The number of aliphatic hydroxyl groups is 1. The monoisotopic (exact) mass is 265 g/mol. The molecule has 1 atom stereocenters. The summed E-state index contributed by atoms with van der Waals surface area (Å²) in [5.74, 6) is -0.869. The lowest BCUT2D eigenvalue weighted by molar-refractivity contribution is -0.119. The highest BCUT2D eigenvalue weighted by Gasteiger charge is 2.42. The maximum absolute atomic E-state index is 11.9. The number of amides is 1. The van der Waals surface area contributed by atoms with Crippen molar-refractivity contribution in [1.82, 2.24) is 5.32 Å². The second-order valence-electron chi connectivity index (χ2n) is 4.31. The molecule has 0 saturated heterocycles. The summed E-state index contributed by atoms with van der Waals surface area (Å²) in [7, 11) is 0. The maximum atomic E-state index is 11.9. The lowest BCUT2D eigenvalue weighted by Gasteiger charge is -2.19. The Balaban J connectivity index is 2.73. The number of hydrogen-bond donors (Lipinski definition) is 2. The number of halogens is 1. The third kappa shape index (κ3) is 1.94. The van der Waals surface area contributed by atoms with Gasteiger partial charge in [-0.15, -0.1) is 0 Å². The van der Waals surface area contributed by atoms with Gasteiger partial charge in [-0.3, -0.25) is 9.59 Å². The van der Waals surface area contributed by atoms with Gasteiger partial charge in [-0.05, 0) is 19.9 Å². The molecule has 0 radical (unpaired) electrons. The van der Waals surface area contributed by atoms with Crippen LogP contribution in [0.25, 0.3) is 5.57 Å². The SMILES string of the molecule is CC(=O)C1=C(c2ccccc2Cl)C(=O)NC1(C)O. The van der Waals surface area contributed by atoms with Crippen LogP contribution in [0.2, 0.25) is 5.02 Å². The number of carbonyl (C=O) groups excluding carboxylic acids is 2. The van der Waals surface area contributed by atoms with Gasteiger partial charge in [0.1, 0.15) is 0 Å². The van der Waals surface area contributed by atoms with Gasteiger partial charge in [0.05, 0.1) is 11.1 Å². The molecule has 2 N–H and O–H groups in total. The molecule has 94 valence electrons. The van der Waals surface area contributed by atoms with E-state index >= 15 is 0 Å². The van der Waals surface area contributed by atoms with E-state index in [9.17, 15) is 14.7 Å². The van der Waals surface area contributed by atoms with Gasteiger partial charge in [0.15, 0.2) is 11.5 Å². The standard InChI is InChI=1S/C13H12ClNO3/c1-7(16)11-10(12(17)15-13(11,2)18)8-5-3-4-6-9(8)14/h3-6,18H,1-2H3,(H,15,17). The van der Waals surface area contributed by atoms with Crippen LogP contribution in [-0.4, -0.2) is 22.5 Å². The first-order valence-corrected chi connectivity index (χ1v) is 5.78. The van der Waals surface area contributed by atoms with Gasteiger partial charge in [-0.25, -0.2) is 0 Å². The predicted molar refractivity (Wildman–Crippen MR) is 67.8 cm³/mol. The smallest absolute Gasteiger partial charge is 0.254 e. The lowest BCUT2D eigenvalue weighted by atomic mass is 9.95. The van der Waals surface area contributed by atoms with E-state index in [0.717, 1.165) is 0 Å². The molecule has 1 aromatic carbocycles. The van der Waals surface area contributed by atoms with E-state index in [4.69, 9.17) is 11.6 Å². The molecule has 1 aliphatic rings. The number of rotatable bonds is 2. The molecule has 1 amide bonds. The molecule has 1 aromatic rings. The molecule has 0 spiro atoms. The van der Waals surface area contributed by atoms with E-state index in [0.29, 0.717) is 10.6 Å². The van der Waals surface area contributed by atoms with Gasteiger partial charge in [-0.2, -0.15) is 0 Å². The van der Waals surface area contributed by atoms with Crippen LogP contribution in [-0.2, 0) is 9.59 Å². The van der Waals surface area contributed by atoms with Crippen LogP contribution in [0.4, 0.5) is 0 Å². The van der Waals surface area contributed by atoms with E-state index in [1.54, 1.807) is 24.3 Å². The van der Waals surface area contributed by atoms with Crippen LogP contribution in [0, 0.1) is 0 Å². The van der Waals surface area contributed by atoms with Crippen LogP contribution in [0.15, 0.2) is 29.8 Å². The minimum Gasteiger partial charge on any atom is -0.367 e. The number of benzene rings is 1. The van der Waals surface area contributed by atoms with Gasteiger partial charge in [0.2, 0.25) is 0 Å². The summed E-state index contributed by atoms with van der Waals surface area (Å²) >= 11 is 6.03. The van der Waals surface area contributed by atoms with Gasteiger partial charge in [-0.1, -0.05) is 29.8 Å². The number of hydrogen-bond acceptors (Lipinski definition) is 3. The summed E-state index contributed by atoms with van der Waals surface area (Å²) < 4.78 is 0. The van der Waals surface area contributed by atoms with Crippen molar-refractivity contribution in [2.75, 3.05) is 0 Å². The second kappa shape index (κ2) is 4.23. The molecule has 0 aromatic heterocycles. The fourth-order valence-electron chi connectivity index (χ4n) is 2.14. The Morgan fingerprint density at radius 3 is 2.56 bits per heavy atom. The Bertz CT molecular complexity index is 575. The molecule has 0 bridgehead atoms. The molecule has 5 heteroatoms. The molecule has 4 nitrogen and oxygen atoms in total. The van der Waals surface area contributed by atoms with Gasteiger partial charge in [0.25, 0.3) is 5.91 Å². The molecule has 2 rings (SSSR count). The Kier molecular flexibility index (Phi) is 3.00. The molecule has 0 fully saturated rings. The summed E-state index contributed by atoms with van der Waals surface area (Å²) in [6.45, 7) is 2.67. The predicted octanol–water partition coefficient (Wildman–Crippen LogP) is 1.52. The summed E-state index contributed by atoms with van der Waals surface area (Å²) in [6.07, 6.45) is 0. The average Bonchev–Trinajstić information content (AvgIpc) is 2.48. The van der Waals surface area contributed by atoms with Gasteiger partial charge in [0, 0.05) is 10.6 Å². The Hall–Kier alpha value is -1.65. The number of nitrogens with one attached hydrogen (secondary N) is 1. The van der Waals surface area contributed by atoms with E-state index < -0.39 is 11.6 Å². The normalized spacial score (nSPS) is 23.2. The Morgan fingerprint density at radius 2 is 2.00 bits per heavy atom. The van der Waals surface area contributed by atoms with Crippen LogP contribution >= 0.6 is 11.6 Å². The first kappa shape index (κ1) is 12.8. The summed E-state index contributed by atoms with van der Waals surface area (Å²) in [5, 5.41) is 12.8. The number of carbonyl (C=O) groups is 2. The number of ketones is 1. The summed E-state index contributed by atoms with van der Waals surface area (Å²) in [6, 6.07) is 6.71. The molecule has 18 heavy (non-hydrogen) atoms. The van der Waals surface area contributed by atoms with E-state index in [2.05, 4.69) is 5.32 Å². The molecular formula is C13H12ClNO3. The lowest BCUT2D eigenvalue weighted by Crippen LogP contribution is -2.42. The highest BCUT2D eigenvalue weighted by atomic mass is 35.5. The third-order valence-electron chi connectivity index (χ3n) is 2.82. The van der Waals surface area contributed by atoms with Crippen LogP contribution in [0.1, 0.15) is 19.4 Å². The molecular weight excluding hydrogens is 254 g/mol. The topological polar surface area (TPSA) is 66.4 Å². The molecule has 1 aliphatic heterocycles. The van der Waals surface area contributed by atoms with Crippen molar-refractivity contribution in [1.29, 1.82) is 0 Å². The minimum absolute atomic E-state index is 0.0422. The van der Waals surface area contributed by atoms with Crippen molar-refractivity contribution in [2.24, 2.45) is 0 Å². The molecule has 0 saturated carbocycles. The quantitative estimate of drug-likeness (QED) is 0.852. The molecule has 0 aliphatic carbocycles. The van der Waals surface area contributed by atoms with Crippen LogP contribution < -0.4 is 5.32 Å². The van der Waals surface area contributed by atoms with Crippen molar-refractivity contribution in [3.05, 3.63) is 40.4 Å². The minimum atomic E-state index is -1.66. The molecule has 1 unspecified atom stereocenters. The summed E-state index contributed by atoms with van der Waals surface area (Å²) in [5.41, 5.74) is -1.03. The largest absolute Gasteiger partial charge is 0.367 e. The van der Waals surface area contributed by atoms with Crippen molar-refractivity contribution in [2.45, 2.75) is 19.6 Å². The van der Waals surface area contributed by atoms with Crippen LogP contribution in [0.5, 0.6) is 0 Å². The third-order valence-corrected chi connectivity index (χ3v) is 3.15. The zero-order chi connectivity index (χ0) is 13.5. The Labute approximate surface area is 109 Å². The zero-order valence-electron chi connectivity index (χ0n) is 9.95. The fraction of sp³-hybridized carbons (Fsp3) is 0.231. The highest BCUT2D eigenvalue weighted by molar-refractivity contribution is 6.37. The van der Waals surface area contributed by atoms with Crippen LogP contribution in [0.3, 0.4) is 0 Å². The fourth-order valence-corrected chi connectivity index (χ4v) is 2.37. The van der Waals surface area contributed by atoms with Crippen molar-refractivity contribution >= 4 is 28.9 Å². The molecule has 1 heterocycles. The Morgan fingerprint density at radius 1 is 1.39 bits per heavy atom. The second-order valence-corrected chi connectivity index (χ2v) is 4.72. The average molecular weight is 266 g/mol. The maximum Gasteiger partial charge on any atom is 0.254 e. The first-order valence-electron chi connectivity index (χ1n) is 5.40. The van der Waals surface area contributed by atoms with E-state index in [1.807, 2.05) is 0 Å².